The first-order chi connectivity index (χ1) is 9.09. The first-order valence-electron chi connectivity index (χ1n) is 6.73. The molecule has 0 spiro atoms. The number of Topliss-reactive ketones (excluding diaryl/α,β-unsaturated/α-hetero) is 1. The van der Waals surface area contributed by atoms with Gasteiger partial charge >= 0.3 is 0 Å². The molecule has 0 saturated heterocycles. The summed E-state index contributed by atoms with van der Waals surface area (Å²) in [6.45, 7) is 0. The van der Waals surface area contributed by atoms with Crippen molar-refractivity contribution in [3.63, 3.8) is 0 Å². The molecule has 1 aliphatic carbocycles. The summed E-state index contributed by atoms with van der Waals surface area (Å²) in [5.41, 5.74) is 0.446. The Balaban J connectivity index is 2.01. The summed E-state index contributed by atoms with van der Waals surface area (Å²) in [6, 6.07) is 4.40. The summed E-state index contributed by atoms with van der Waals surface area (Å²) in [6.07, 6.45) is 4.14. The maximum atomic E-state index is 13.3. The van der Waals surface area contributed by atoms with E-state index in [1.165, 1.54) is 18.6 Å². The fourth-order valence-electron chi connectivity index (χ4n) is 2.69. The molecule has 0 aliphatic heterocycles. The first kappa shape index (κ1) is 14.5. The fourth-order valence-corrected chi connectivity index (χ4v) is 2.88. The zero-order chi connectivity index (χ0) is 13.8. The molecule has 0 radical (unpaired) electrons. The topological polar surface area (TPSA) is 37.3 Å². The molecule has 2 rings (SSSR count). The molecule has 0 heterocycles. The number of rotatable bonds is 4. The molecule has 19 heavy (non-hydrogen) atoms. The summed E-state index contributed by atoms with van der Waals surface area (Å²) < 4.78 is 13.3. The number of carbonyl (C=O) groups is 1. The smallest absolute Gasteiger partial charge is 0.165 e. The quantitative estimate of drug-likeness (QED) is 0.918. The van der Waals surface area contributed by atoms with Crippen LogP contribution in [0, 0.1) is 11.7 Å². The molecule has 1 atom stereocenters. The molecule has 1 aliphatic rings. The Morgan fingerprint density at radius 1 is 1.37 bits per heavy atom. The van der Waals surface area contributed by atoms with E-state index in [4.69, 9.17) is 11.6 Å². The van der Waals surface area contributed by atoms with Gasteiger partial charge in [0, 0.05) is 6.42 Å². The maximum absolute atomic E-state index is 13.3. The molecule has 1 aromatic rings. The van der Waals surface area contributed by atoms with Crippen LogP contribution in [0.5, 0.6) is 0 Å². The predicted octanol–water partition coefficient (Wildman–Crippen LogP) is 3.53. The van der Waals surface area contributed by atoms with E-state index in [1.54, 1.807) is 6.07 Å². The molecular weight excluding hydrogens is 267 g/mol. The summed E-state index contributed by atoms with van der Waals surface area (Å²) in [7, 11) is 0. The monoisotopic (exact) mass is 284 g/mol. The molecule has 1 aromatic carbocycles. The number of hydrogen-bond acceptors (Lipinski definition) is 2. The summed E-state index contributed by atoms with van der Waals surface area (Å²) in [4.78, 5) is 12.0. The van der Waals surface area contributed by atoms with Gasteiger partial charge in [0.15, 0.2) is 5.78 Å². The van der Waals surface area contributed by atoms with Gasteiger partial charge in [-0.05, 0) is 30.4 Å². The highest BCUT2D eigenvalue weighted by Crippen LogP contribution is 2.28. The Labute approximate surface area is 117 Å². The van der Waals surface area contributed by atoms with Crippen molar-refractivity contribution >= 4 is 17.4 Å². The molecule has 104 valence electrons. The van der Waals surface area contributed by atoms with Gasteiger partial charge in [-0.25, -0.2) is 4.39 Å². The number of carbonyl (C=O) groups excluding carboxylic acids is 1. The highest BCUT2D eigenvalue weighted by atomic mass is 35.5. The Morgan fingerprint density at radius 3 is 2.74 bits per heavy atom. The van der Waals surface area contributed by atoms with Gasteiger partial charge in [0.05, 0.1) is 5.02 Å². The SMILES string of the molecule is O=C(Cc1cccc(F)c1Cl)C(O)C1CCCCC1. The number of hydrogen-bond donors (Lipinski definition) is 1. The van der Waals surface area contributed by atoms with Crippen LogP contribution in [0.4, 0.5) is 4.39 Å². The van der Waals surface area contributed by atoms with Crippen LogP contribution in [-0.4, -0.2) is 17.0 Å². The normalized spacial score (nSPS) is 18.3. The van der Waals surface area contributed by atoms with E-state index in [0.29, 0.717) is 5.56 Å². The van der Waals surface area contributed by atoms with E-state index in [9.17, 15) is 14.3 Å². The van der Waals surface area contributed by atoms with E-state index in [1.807, 2.05) is 0 Å². The third kappa shape index (κ3) is 3.54. The lowest BCUT2D eigenvalue weighted by molar-refractivity contribution is -0.129. The molecule has 0 bridgehead atoms. The van der Waals surface area contributed by atoms with Gasteiger partial charge in [-0.3, -0.25) is 4.79 Å². The van der Waals surface area contributed by atoms with Crippen LogP contribution >= 0.6 is 11.6 Å². The van der Waals surface area contributed by atoms with Crippen LogP contribution in [0.3, 0.4) is 0 Å². The number of aliphatic hydroxyl groups is 1. The molecule has 1 N–H and O–H groups in total. The molecular formula is C15H18ClFO2. The number of ketones is 1. The molecule has 1 saturated carbocycles. The molecule has 1 fully saturated rings. The van der Waals surface area contributed by atoms with E-state index in [2.05, 4.69) is 0 Å². The minimum atomic E-state index is -0.945. The Kier molecular flexibility index (Phi) is 4.94. The highest BCUT2D eigenvalue weighted by molar-refractivity contribution is 6.31. The summed E-state index contributed by atoms with van der Waals surface area (Å²) in [5.74, 6) is -0.743. The Morgan fingerprint density at radius 2 is 2.05 bits per heavy atom. The average molecular weight is 285 g/mol. The summed E-state index contributed by atoms with van der Waals surface area (Å²) >= 11 is 5.82. The third-order valence-electron chi connectivity index (χ3n) is 3.82. The number of aliphatic hydroxyl groups excluding tert-OH is 1. The highest BCUT2D eigenvalue weighted by Gasteiger charge is 2.27. The maximum Gasteiger partial charge on any atom is 0.165 e. The molecule has 4 heteroatoms. The fraction of sp³-hybridized carbons (Fsp3) is 0.533. The molecule has 0 aromatic heterocycles. The molecule has 1 unspecified atom stereocenters. The van der Waals surface area contributed by atoms with Crippen molar-refractivity contribution in [3.8, 4) is 0 Å². The largest absolute Gasteiger partial charge is 0.385 e. The zero-order valence-corrected chi connectivity index (χ0v) is 11.5. The zero-order valence-electron chi connectivity index (χ0n) is 10.7. The molecule has 2 nitrogen and oxygen atoms in total. The van der Waals surface area contributed by atoms with Gasteiger partial charge in [-0.2, -0.15) is 0 Å². The van der Waals surface area contributed by atoms with Gasteiger partial charge < -0.3 is 5.11 Å². The second-order valence-corrected chi connectivity index (χ2v) is 5.58. The van der Waals surface area contributed by atoms with Gasteiger partial charge in [-0.1, -0.05) is 43.0 Å². The van der Waals surface area contributed by atoms with Crippen LogP contribution < -0.4 is 0 Å². The van der Waals surface area contributed by atoms with Crippen molar-refractivity contribution in [1.82, 2.24) is 0 Å². The Bertz CT molecular complexity index is 455. The van der Waals surface area contributed by atoms with E-state index in [0.717, 1.165) is 25.7 Å². The van der Waals surface area contributed by atoms with E-state index in [-0.39, 0.29) is 23.1 Å². The lowest BCUT2D eigenvalue weighted by Crippen LogP contribution is -2.32. The van der Waals surface area contributed by atoms with Gasteiger partial charge in [0.1, 0.15) is 11.9 Å². The summed E-state index contributed by atoms with van der Waals surface area (Å²) in [5, 5.41) is 10.1. The van der Waals surface area contributed by atoms with Crippen LogP contribution in [0.1, 0.15) is 37.7 Å². The van der Waals surface area contributed by atoms with E-state index >= 15 is 0 Å². The second-order valence-electron chi connectivity index (χ2n) is 5.20. The lowest BCUT2D eigenvalue weighted by atomic mass is 9.83. The van der Waals surface area contributed by atoms with Crippen LogP contribution in [0.25, 0.3) is 0 Å². The van der Waals surface area contributed by atoms with Crippen molar-refractivity contribution < 1.29 is 14.3 Å². The van der Waals surface area contributed by atoms with Crippen molar-refractivity contribution in [1.29, 1.82) is 0 Å². The van der Waals surface area contributed by atoms with Crippen molar-refractivity contribution in [3.05, 3.63) is 34.6 Å². The average Bonchev–Trinajstić information content (AvgIpc) is 2.44. The van der Waals surface area contributed by atoms with Crippen molar-refractivity contribution in [2.75, 3.05) is 0 Å². The second kappa shape index (κ2) is 6.49. The Hall–Kier alpha value is -0.930. The molecule has 0 amide bonds. The van der Waals surface area contributed by atoms with E-state index < -0.39 is 11.9 Å². The lowest BCUT2D eigenvalue weighted by Gasteiger charge is -2.25. The predicted molar refractivity (Wildman–Crippen MR) is 72.7 cm³/mol. The van der Waals surface area contributed by atoms with Crippen molar-refractivity contribution in [2.45, 2.75) is 44.6 Å². The first-order valence-corrected chi connectivity index (χ1v) is 7.11. The number of halogens is 2. The van der Waals surface area contributed by atoms with Gasteiger partial charge in [0.25, 0.3) is 0 Å². The minimum Gasteiger partial charge on any atom is -0.385 e. The van der Waals surface area contributed by atoms with Crippen LogP contribution in [-0.2, 0) is 11.2 Å². The number of benzene rings is 1. The van der Waals surface area contributed by atoms with Crippen LogP contribution in [0.2, 0.25) is 5.02 Å². The van der Waals surface area contributed by atoms with Gasteiger partial charge in [0.2, 0.25) is 0 Å². The van der Waals surface area contributed by atoms with Crippen molar-refractivity contribution in [2.24, 2.45) is 5.92 Å². The third-order valence-corrected chi connectivity index (χ3v) is 4.25. The standard InChI is InChI=1S/C15H18ClFO2/c16-14-11(7-4-8-12(14)17)9-13(18)15(19)10-5-2-1-3-6-10/h4,7-8,10,15,19H,1-3,5-6,9H2. The van der Waals surface area contributed by atoms with Crippen LogP contribution in [0.15, 0.2) is 18.2 Å². The minimum absolute atomic E-state index is 0.00569. The van der Waals surface area contributed by atoms with Gasteiger partial charge in [-0.15, -0.1) is 0 Å².